The van der Waals surface area contributed by atoms with Gasteiger partial charge in [-0.25, -0.2) is 0 Å². The van der Waals surface area contributed by atoms with Crippen LogP contribution in [0.25, 0.3) is 0 Å². The molecule has 0 N–H and O–H groups in total. The van der Waals surface area contributed by atoms with Gasteiger partial charge < -0.3 is 9.80 Å². The maximum absolute atomic E-state index is 13.0. The van der Waals surface area contributed by atoms with Crippen LogP contribution in [0.5, 0.6) is 0 Å². The average molecular weight is 293 g/mol. The summed E-state index contributed by atoms with van der Waals surface area (Å²) in [7, 11) is 5.49. The van der Waals surface area contributed by atoms with E-state index in [-0.39, 0.29) is 5.56 Å². The highest BCUT2D eigenvalue weighted by atomic mass is 19.4. The van der Waals surface area contributed by atoms with Crippen LogP contribution in [-0.4, -0.2) is 45.5 Å². The van der Waals surface area contributed by atoms with Crippen molar-refractivity contribution in [1.82, 2.24) is 4.90 Å². The fraction of sp³-hybridized carbons (Fsp3) is 0.500. The second-order valence-electron chi connectivity index (χ2n) is 4.96. The zero-order valence-corrected chi connectivity index (χ0v) is 11.5. The number of hydrogen-bond acceptors (Lipinski definition) is 3. The van der Waals surface area contributed by atoms with Crippen LogP contribution in [-0.2, 0) is 6.18 Å². The summed E-state index contributed by atoms with van der Waals surface area (Å²) < 4.78 is 38.9. The van der Waals surface area contributed by atoms with E-state index in [9.17, 15) is 13.2 Å². The molecule has 7 heteroatoms. The molecule has 1 aromatic carbocycles. The molecule has 2 radical (unpaired) electrons. The lowest BCUT2D eigenvalue weighted by atomic mass is 10.0. The molecular weight excluding hydrogens is 278 g/mol. The Morgan fingerprint density at radius 1 is 1.19 bits per heavy atom. The Morgan fingerprint density at radius 3 is 2.38 bits per heavy atom. The first-order chi connectivity index (χ1) is 9.95. The molecule has 0 aromatic heterocycles. The summed E-state index contributed by atoms with van der Waals surface area (Å²) in [6.45, 7) is 3.67. The van der Waals surface area contributed by atoms with Gasteiger partial charge in [0.2, 0.25) is 0 Å². The Bertz CT molecular complexity index is 531. The number of benzene rings is 1. The fourth-order valence-electron chi connectivity index (χ4n) is 2.47. The van der Waals surface area contributed by atoms with E-state index in [1.165, 1.54) is 6.07 Å². The predicted octanol–water partition coefficient (Wildman–Crippen LogP) is 2.29. The number of anilines is 1. The van der Waals surface area contributed by atoms with Gasteiger partial charge in [-0.05, 0) is 24.7 Å². The zero-order valence-electron chi connectivity index (χ0n) is 11.5. The van der Waals surface area contributed by atoms with Crippen LogP contribution in [0.15, 0.2) is 18.2 Å². The summed E-state index contributed by atoms with van der Waals surface area (Å²) in [6, 6.07) is 5.48. The fourth-order valence-corrected chi connectivity index (χ4v) is 2.47. The first-order valence-corrected chi connectivity index (χ1v) is 6.74. The lowest BCUT2D eigenvalue weighted by Crippen LogP contribution is -2.46. The third-order valence-electron chi connectivity index (χ3n) is 3.61. The highest BCUT2D eigenvalue weighted by Gasteiger charge is 2.34. The van der Waals surface area contributed by atoms with Gasteiger partial charge in [0.15, 0.2) is 0 Å². The van der Waals surface area contributed by atoms with E-state index in [2.05, 4.69) is 4.90 Å². The maximum Gasteiger partial charge on any atom is 0.417 e. The standard InChI is InChI=1S/C14H15BF3N3/c15-3-4-20-5-7-21(8-6-20)12-2-1-11(10-19)13(9-12)14(16,17)18/h1-2,9H,3-8H2. The van der Waals surface area contributed by atoms with Crippen molar-refractivity contribution < 1.29 is 13.2 Å². The smallest absolute Gasteiger partial charge is 0.369 e. The first-order valence-electron chi connectivity index (χ1n) is 6.74. The summed E-state index contributed by atoms with van der Waals surface area (Å²) in [5.74, 6) is 0. The van der Waals surface area contributed by atoms with Crippen LogP contribution in [0.2, 0.25) is 6.32 Å². The molecule has 0 spiro atoms. The molecule has 1 fully saturated rings. The maximum atomic E-state index is 13.0. The normalized spacial score (nSPS) is 16.8. The molecule has 1 aromatic rings. The van der Waals surface area contributed by atoms with Gasteiger partial charge >= 0.3 is 6.18 Å². The Hall–Kier alpha value is -1.68. The molecule has 0 unspecified atom stereocenters. The topological polar surface area (TPSA) is 30.3 Å². The van der Waals surface area contributed by atoms with Crippen molar-refractivity contribution in [2.45, 2.75) is 12.5 Å². The second-order valence-corrected chi connectivity index (χ2v) is 4.96. The van der Waals surface area contributed by atoms with Gasteiger partial charge in [0, 0.05) is 31.9 Å². The van der Waals surface area contributed by atoms with E-state index in [1.807, 2.05) is 4.90 Å². The number of hydrogen-bond donors (Lipinski definition) is 0. The van der Waals surface area contributed by atoms with Crippen molar-refractivity contribution in [1.29, 1.82) is 5.26 Å². The Morgan fingerprint density at radius 2 is 1.86 bits per heavy atom. The largest absolute Gasteiger partial charge is 0.417 e. The predicted molar refractivity (Wildman–Crippen MR) is 75.4 cm³/mol. The lowest BCUT2D eigenvalue weighted by Gasteiger charge is -2.36. The number of nitriles is 1. The van der Waals surface area contributed by atoms with Crippen LogP contribution in [0.3, 0.4) is 0 Å². The van der Waals surface area contributed by atoms with Crippen molar-refractivity contribution >= 4 is 13.5 Å². The van der Waals surface area contributed by atoms with Crippen molar-refractivity contribution in [3.05, 3.63) is 29.3 Å². The van der Waals surface area contributed by atoms with Gasteiger partial charge in [-0.2, -0.15) is 18.4 Å². The van der Waals surface area contributed by atoms with Crippen LogP contribution in [0.4, 0.5) is 18.9 Å². The molecule has 0 bridgehead atoms. The molecular formula is C14H15BF3N3. The second kappa shape index (κ2) is 6.40. The number of nitrogens with zero attached hydrogens (tertiary/aromatic N) is 3. The molecule has 0 saturated carbocycles. The SMILES string of the molecule is [B]CCN1CCN(c2ccc(C#N)c(C(F)(F)F)c2)CC1. The van der Waals surface area contributed by atoms with E-state index in [0.717, 1.165) is 25.7 Å². The minimum absolute atomic E-state index is 0.340. The quantitative estimate of drug-likeness (QED) is 0.801. The van der Waals surface area contributed by atoms with E-state index in [4.69, 9.17) is 13.1 Å². The molecule has 1 heterocycles. The van der Waals surface area contributed by atoms with E-state index >= 15 is 0 Å². The number of halogens is 3. The molecule has 3 nitrogen and oxygen atoms in total. The van der Waals surface area contributed by atoms with Gasteiger partial charge in [0.1, 0.15) is 0 Å². The van der Waals surface area contributed by atoms with Crippen LogP contribution in [0.1, 0.15) is 11.1 Å². The molecule has 0 aliphatic carbocycles. The van der Waals surface area contributed by atoms with Gasteiger partial charge in [-0.3, -0.25) is 0 Å². The van der Waals surface area contributed by atoms with E-state index < -0.39 is 11.7 Å². The van der Waals surface area contributed by atoms with Gasteiger partial charge in [-0.1, -0.05) is 6.32 Å². The van der Waals surface area contributed by atoms with Crippen molar-refractivity contribution in [3.63, 3.8) is 0 Å². The minimum atomic E-state index is -4.51. The molecule has 2 rings (SSSR count). The molecule has 1 aliphatic heterocycles. The van der Waals surface area contributed by atoms with E-state index in [0.29, 0.717) is 25.1 Å². The zero-order chi connectivity index (χ0) is 15.5. The third-order valence-corrected chi connectivity index (χ3v) is 3.61. The summed E-state index contributed by atoms with van der Waals surface area (Å²) in [5, 5.41) is 8.79. The lowest BCUT2D eigenvalue weighted by molar-refractivity contribution is -0.137. The Kier molecular flexibility index (Phi) is 4.78. The number of piperazine rings is 1. The number of alkyl halides is 3. The first kappa shape index (κ1) is 15.7. The third kappa shape index (κ3) is 3.70. The summed E-state index contributed by atoms with van der Waals surface area (Å²) in [5.41, 5.74) is -0.700. The minimum Gasteiger partial charge on any atom is -0.369 e. The molecule has 21 heavy (non-hydrogen) atoms. The summed E-state index contributed by atoms with van der Waals surface area (Å²) in [6.07, 6.45) is -3.93. The van der Waals surface area contributed by atoms with Crippen molar-refractivity contribution in [2.75, 3.05) is 37.6 Å². The number of rotatable bonds is 3. The monoisotopic (exact) mass is 293 g/mol. The molecule has 1 saturated heterocycles. The van der Waals surface area contributed by atoms with Gasteiger partial charge in [0.05, 0.1) is 25.0 Å². The summed E-state index contributed by atoms with van der Waals surface area (Å²) in [4.78, 5) is 4.09. The highest BCUT2D eigenvalue weighted by molar-refractivity contribution is 6.08. The van der Waals surface area contributed by atoms with Crippen molar-refractivity contribution in [3.8, 4) is 6.07 Å². The van der Waals surface area contributed by atoms with E-state index in [1.54, 1.807) is 12.1 Å². The van der Waals surface area contributed by atoms with Gasteiger partial charge in [0.25, 0.3) is 0 Å². The molecule has 1 aliphatic rings. The molecule has 0 amide bonds. The van der Waals surface area contributed by atoms with Crippen LogP contribution in [0, 0.1) is 11.3 Å². The summed E-state index contributed by atoms with van der Waals surface area (Å²) >= 11 is 0. The van der Waals surface area contributed by atoms with Crippen LogP contribution < -0.4 is 4.90 Å². The average Bonchev–Trinajstić information content (AvgIpc) is 2.47. The van der Waals surface area contributed by atoms with Crippen LogP contribution >= 0.6 is 0 Å². The highest BCUT2D eigenvalue weighted by Crippen LogP contribution is 2.34. The molecule has 110 valence electrons. The Labute approximate surface area is 123 Å². The van der Waals surface area contributed by atoms with Crippen molar-refractivity contribution in [2.24, 2.45) is 0 Å². The molecule has 0 atom stereocenters. The van der Waals surface area contributed by atoms with Gasteiger partial charge in [-0.15, -0.1) is 0 Å². The Balaban J connectivity index is 2.17.